The zero-order valence-corrected chi connectivity index (χ0v) is 8.34. The summed E-state index contributed by atoms with van der Waals surface area (Å²) in [6, 6.07) is 7.66. The predicted molar refractivity (Wildman–Crippen MR) is 55.6 cm³/mol. The van der Waals surface area contributed by atoms with Crippen LogP contribution in [-0.4, -0.2) is 13.3 Å². The molecule has 1 rings (SSSR count). The summed E-state index contributed by atoms with van der Waals surface area (Å²) in [5.74, 6) is 0. The Morgan fingerprint density at radius 3 is 2.33 bits per heavy atom. The summed E-state index contributed by atoms with van der Waals surface area (Å²) < 4.78 is 11.7. The quantitative estimate of drug-likeness (QED) is 0.639. The molecule has 2 heteroatoms. The smallest absolute Gasteiger partial charge is 0.110 e. The van der Waals surface area contributed by atoms with Crippen LogP contribution in [0.5, 0.6) is 0 Å². The topological polar surface area (TPSA) is 17.1 Å². The van der Waals surface area contributed by atoms with E-state index in [-0.39, 0.29) is 0 Å². The summed E-state index contributed by atoms with van der Waals surface area (Å²) >= 11 is 0. The maximum absolute atomic E-state index is 11.7. The summed E-state index contributed by atoms with van der Waals surface area (Å²) in [5.41, 5.74) is 0.978. The predicted octanol–water partition coefficient (Wildman–Crippen LogP) is 2.58. The Kier molecular flexibility index (Phi) is 2.54. The minimum atomic E-state index is -2.14. The van der Waals surface area contributed by atoms with Crippen molar-refractivity contribution in [1.82, 2.24) is 0 Å². The van der Waals surface area contributed by atoms with Crippen molar-refractivity contribution in [3.05, 3.63) is 36.4 Å². The second kappa shape index (κ2) is 3.28. The fourth-order valence-corrected chi connectivity index (χ4v) is 2.38. The van der Waals surface area contributed by atoms with E-state index in [0.29, 0.717) is 0 Å². The molecule has 1 aromatic rings. The van der Waals surface area contributed by atoms with E-state index in [2.05, 4.69) is 6.58 Å². The van der Waals surface area contributed by atoms with Gasteiger partial charge < -0.3 is 4.57 Å². The summed E-state index contributed by atoms with van der Waals surface area (Å²) in [7, 11) is -2.14. The average molecular weight is 180 g/mol. The third kappa shape index (κ3) is 1.86. The fourth-order valence-electron chi connectivity index (χ4n) is 1.15. The van der Waals surface area contributed by atoms with E-state index in [9.17, 15) is 4.57 Å². The summed E-state index contributed by atoms with van der Waals surface area (Å²) in [6.45, 7) is 7.23. The Balaban J connectivity index is 3.33. The highest BCUT2D eigenvalue weighted by Gasteiger charge is 2.12. The lowest BCUT2D eigenvalue weighted by Gasteiger charge is -2.09. The van der Waals surface area contributed by atoms with Crippen LogP contribution in [0.1, 0.15) is 5.56 Å². The average Bonchev–Trinajstić information content (AvgIpc) is 2.03. The number of hydrogen-bond acceptors (Lipinski definition) is 1. The monoisotopic (exact) mass is 180 g/mol. The van der Waals surface area contributed by atoms with Crippen LogP contribution in [0.4, 0.5) is 0 Å². The van der Waals surface area contributed by atoms with Gasteiger partial charge in [0.25, 0.3) is 0 Å². The fraction of sp³-hybridized carbons (Fsp3) is 0.200. The SMILES string of the molecule is C=Cc1ccccc1P(C)(C)=O. The van der Waals surface area contributed by atoms with Gasteiger partial charge in [-0.15, -0.1) is 0 Å². The van der Waals surface area contributed by atoms with Gasteiger partial charge in [0.1, 0.15) is 7.14 Å². The number of rotatable bonds is 2. The summed E-state index contributed by atoms with van der Waals surface area (Å²) in [4.78, 5) is 0. The molecule has 0 aliphatic heterocycles. The minimum Gasteiger partial charge on any atom is -0.319 e. The molecular formula is C10H13OP. The van der Waals surface area contributed by atoms with Crippen molar-refractivity contribution in [2.75, 3.05) is 13.3 Å². The normalized spacial score (nSPS) is 11.2. The van der Waals surface area contributed by atoms with Crippen molar-refractivity contribution in [2.24, 2.45) is 0 Å². The van der Waals surface area contributed by atoms with Gasteiger partial charge in [0.2, 0.25) is 0 Å². The molecular weight excluding hydrogens is 167 g/mol. The molecule has 0 amide bonds. The maximum Gasteiger partial charge on any atom is 0.110 e. The van der Waals surface area contributed by atoms with E-state index in [1.807, 2.05) is 24.3 Å². The van der Waals surface area contributed by atoms with Crippen molar-refractivity contribution in [3.8, 4) is 0 Å². The van der Waals surface area contributed by atoms with Crippen LogP contribution in [0, 0.1) is 0 Å². The molecule has 0 aliphatic rings. The zero-order valence-electron chi connectivity index (χ0n) is 7.45. The lowest BCUT2D eigenvalue weighted by atomic mass is 10.2. The van der Waals surface area contributed by atoms with Crippen LogP contribution in [-0.2, 0) is 4.57 Å². The Morgan fingerprint density at radius 2 is 1.92 bits per heavy atom. The lowest BCUT2D eigenvalue weighted by Crippen LogP contribution is -2.06. The molecule has 0 radical (unpaired) electrons. The molecule has 12 heavy (non-hydrogen) atoms. The molecule has 0 heterocycles. The highest BCUT2D eigenvalue weighted by atomic mass is 31.2. The Morgan fingerprint density at radius 1 is 1.33 bits per heavy atom. The van der Waals surface area contributed by atoms with Crippen LogP contribution in [0.15, 0.2) is 30.8 Å². The molecule has 0 unspecified atom stereocenters. The molecule has 0 N–H and O–H groups in total. The molecule has 0 saturated heterocycles. The second-order valence-electron chi connectivity index (χ2n) is 3.11. The first-order valence-corrected chi connectivity index (χ1v) is 6.43. The second-order valence-corrected chi connectivity index (χ2v) is 6.30. The van der Waals surface area contributed by atoms with Crippen molar-refractivity contribution in [3.63, 3.8) is 0 Å². The highest BCUT2D eigenvalue weighted by Crippen LogP contribution is 2.35. The largest absolute Gasteiger partial charge is 0.319 e. The van der Waals surface area contributed by atoms with Gasteiger partial charge >= 0.3 is 0 Å². The molecule has 0 saturated carbocycles. The van der Waals surface area contributed by atoms with E-state index >= 15 is 0 Å². The molecule has 0 bridgehead atoms. The van der Waals surface area contributed by atoms with Crippen LogP contribution < -0.4 is 5.30 Å². The van der Waals surface area contributed by atoms with Crippen molar-refractivity contribution in [1.29, 1.82) is 0 Å². The van der Waals surface area contributed by atoms with Gasteiger partial charge in [0.05, 0.1) is 0 Å². The first kappa shape index (κ1) is 9.28. The summed E-state index contributed by atoms with van der Waals surface area (Å²) in [5, 5.41) is 0.917. The third-order valence-electron chi connectivity index (χ3n) is 1.74. The molecule has 0 spiro atoms. The number of hydrogen-bond donors (Lipinski definition) is 0. The first-order chi connectivity index (χ1) is 5.55. The molecule has 0 aromatic heterocycles. The van der Waals surface area contributed by atoms with Crippen LogP contribution >= 0.6 is 7.14 Å². The third-order valence-corrected chi connectivity index (χ3v) is 3.30. The summed E-state index contributed by atoms with van der Waals surface area (Å²) in [6.07, 6.45) is 1.75. The van der Waals surface area contributed by atoms with E-state index in [1.54, 1.807) is 19.4 Å². The highest BCUT2D eigenvalue weighted by molar-refractivity contribution is 7.70. The van der Waals surface area contributed by atoms with Crippen molar-refractivity contribution >= 4 is 18.5 Å². The molecule has 64 valence electrons. The Hall–Kier alpha value is -0.810. The minimum absolute atomic E-state index is 0.917. The first-order valence-electron chi connectivity index (χ1n) is 3.82. The Labute approximate surface area is 73.5 Å². The molecule has 0 fully saturated rings. The van der Waals surface area contributed by atoms with Gasteiger partial charge in [-0.25, -0.2) is 0 Å². The van der Waals surface area contributed by atoms with E-state index in [1.165, 1.54) is 0 Å². The van der Waals surface area contributed by atoms with Crippen molar-refractivity contribution in [2.45, 2.75) is 0 Å². The van der Waals surface area contributed by atoms with E-state index in [4.69, 9.17) is 0 Å². The molecule has 1 nitrogen and oxygen atoms in total. The van der Waals surface area contributed by atoms with Crippen LogP contribution in [0.25, 0.3) is 6.08 Å². The van der Waals surface area contributed by atoms with Gasteiger partial charge in [-0.05, 0) is 18.9 Å². The molecule has 1 aromatic carbocycles. The van der Waals surface area contributed by atoms with E-state index in [0.717, 1.165) is 10.9 Å². The van der Waals surface area contributed by atoms with Crippen LogP contribution in [0.3, 0.4) is 0 Å². The van der Waals surface area contributed by atoms with Gasteiger partial charge in [0, 0.05) is 5.30 Å². The van der Waals surface area contributed by atoms with Gasteiger partial charge in [-0.3, -0.25) is 0 Å². The van der Waals surface area contributed by atoms with Crippen molar-refractivity contribution < 1.29 is 4.57 Å². The van der Waals surface area contributed by atoms with Gasteiger partial charge in [-0.1, -0.05) is 36.9 Å². The lowest BCUT2D eigenvalue weighted by molar-refractivity contribution is 0.588. The van der Waals surface area contributed by atoms with Gasteiger partial charge in [0.15, 0.2) is 0 Å². The molecule has 0 aliphatic carbocycles. The van der Waals surface area contributed by atoms with Gasteiger partial charge in [-0.2, -0.15) is 0 Å². The maximum atomic E-state index is 11.7. The van der Waals surface area contributed by atoms with E-state index < -0.39 is 7.14 Å². The van der Waals surface area contributed by atoms with Crippen LogP contribution in [0.2, 0.25) is 0 Å². The standard InChI is InChI=1S/C10H13OP/c1-4-9-7-5-6-8-10(9)12(2,3)11/h4-8H,1H2,2-3H3. The number of benzene rings is 1. The molecule has 0 atom stereocenters. The zero-order chi connectivity index (χ0) is 9.19. The Bertz CT molecular complexity index is 335.